The molecule has 0 N–H and O–H groups in total. The minimum atomic E-state index is -2.94. The van der Waals surface area contributed by atoms with Crippen molar-refractivity contribution in [1.82, 2.24) is 10.1 Å². The maximum absolute atomic E-state index is 13.4. The van der Waals surface area contributed by atoms with E-state index >= 15 is 0 Å². The minimum Gasteiger partial charge on any atom is -0.339 e. The van der Waals surface area contributed by atoms with Gasteiger partial charge in [-0.25, -0.2) is 13.0 Å². The Morgan fingerprint density at radius 3 is 2.58 bits per heavy atom. The number of hydrogen-bond donors (Lipinski definition) is 0. The molecule has 0 saturated carbocycles. The largest absolute Gasteiger partial charge is 0.339 e. The van der Waals surface area contributed by atoms with E-state index in [4.69, 9.17) is 4.52 Å². The second kappa shape index (κ2) is 6.12. The van der Waals surface area contributed by atoms with Gasteiger partial charge in [-0.1, -0.05) is 17.3 Å². The molecule has 0 aliphatic rings. The fraction of sp³-hybridized carbons (Fsp3) is 0.125. The summed E-state index contributed by atoms with van der Waals surface area (Å²) >= 11 is 0. The van der Waals surface area contributed by atoms with Crippen LogP contribution in [0.2, 0.25) is 0 Å². The van der Waals surface area contributed by atoms with Crippen molar-refractivity contribution in [3.63, 3.8) is 0 Å². The molecule has 3 aromatic rings. The Bertz CT molecular complexity index is 1020. The van der Waals surface area contributed by atoms with Crippen LogP contribution in [-0.4, -0.2) is 20.6 Å². The molecule has 1 heterocycles. The van der Waals surface area contributed by atoms with Crippen LogP contribution in [0.15, 0.2) is 56.2 Å². The number of aryl methyl sites for hydroxylation is 1. The standard InChI is InChI=1S/C16H13F2N3O2S/c1-10-19-16(20-23-10)11-4-3-5-12(8-11)21-24(2,22)13-6-7-14(17)15(18)9-13/h3-9H,1-2H3. The van der Waals surface area contributed by atoms with Crippen molar-refractivity contribution in [1.29, 1.82) is 0 Å². The Labute approximate surface area is 137 Å². The topological polar surface area (TPSA) is 68.3 Å². The number of benzene rings is 2. The predicted molar refractivity (Wildman–Crippen MR) is 85.2 cm³/mol. The normalized spacial score (nSPS) is 13.5. The SMILES string of the molecule is Cc1nc(-c2cccc(N=S(C)(=O)c3ccc(F)c(F)c3)c2)no1. The molecule has 8 heteroatoms. The van der Waals surface area contributed by atoms with Crippen LogP contribution in [0.5, 0.6) is 0 Å². The van der Waals surface area contributed by atoms with E-state index in [2.05, 4.69) is 14.5 Å². The smallest absolute Gasteiger partial charge is 0.223 e. The van der Waals surface area contributed by atoms with E-state index in [0.29, 0.717) is 23.0 Å². The molecule has 0 radical (unpaired) electrons. The molecule has 0 saturated heterocycles. The second-order valence-electron chi connectivity index (χ2n) is 5.16. The zero-order chi connectivity index (χ0) is 17.3. The molecule has 1 atom stereocenters. The maximum atomic E-state index is 13.4. The summed E-state index contributed by atoms with van der Waals surface area (Å²) in [6, 6.07) is 9.86. The molecular weight excluding hydrogens is 336 g/mol. The molecule has 0 bridgehead atoms. The molecule has 0 fully saturated rings. The molecule has 0 amide bonds. The fourth-order valence-corrected chi connectivity index (χ4v) is 3.35. The van der Waals surface area contributed by atoms with Gasteiger partial charge in [-0.2, -0.15) is 9.35 Å². The van der Waals surface area contributed by atoms with Crippen LogP contribution in [0, 0.1) is 18.6 Å². The van der Waals surface area contributed by atoms with Crippen LogP contribution >= 0.6 is 0 Å². The lowest BCUT2D eigenvalue weighted by Gasteiger charge is -2.06. The van der Waals surface area contributed by atoms with Gasteiger partial charge in [-0.05, 0) is 30.3 Å². The van der Waals surface area contributed by atoms with Gasteiger partial charge >= 0.3 is 0 Å². The van der Waals surface area contributed by atoms with E-state index in [-0.39, 0.29) is 4.90 Å². The Morgan fingerprint density at radius 2 is 1.92 bits per heavy atom. The summed E-state index contributed by atoms with van der Waals surface area (Å²) in [5.74, 6) is -1.25. The number of nitrogens with zero attached hydrogens (tertiary/aromatic N) is 3. The van der Waals surface area contributed by atoms with Crippen molar-refractivity contribution in [2.24, 2.45) is 4.36 Å². The van der Waals surface area contributed by atoms with E-state index in [1.807, 2.05) is 0 Å². The highest BCUT2D eigenvalue weighted by atomic mass is 32.2. The van der Waals surface area contributed by atoms with Gasteiger partial charge in [-0.3, -0.25) is 0 Å². The monoisotopic (exact) mass is 349 g/mol. The van der Waals surface area contributed by atoms with E-state index in [0.717, 1.165) is 12.1 Å². The summed E-state index contributed by atoms with van der Waals surface area (Å²) in [6.07, 6.45) is 1.37. The van der Waals surface area contributed by atoms with Gasteiger partial charge in [0.15, 0.2) is 11.6 Å². The van der Waals surface area contributed by atoms with Crippen molar-refractivity contribution in [2.75, 3.05) is 6.26 Å². The van der Waals surface area contributed by atoms with Crippen molar-refractivity contribution < 1.29 is 17.5 Å². The highest BCUT2D eigenvalue weighted by Crippen LogP contribution is 2.25. The molecule has 0 aliphatic carbocycles. The lowest BCUT2D eigenvalue weighted by molar-refractivity contribution is 0.394. The van der Waals surface area contributed by atoms with E-state index in [1.54, 1.807) is 31.2 Å². The van der Waals surface area contributed by atoms with Gasteiger partial charge in [0, 0.05) is 18.7 Å². The first-order chi connectivity index (χ1) is 11.3. The van der Waals surface area contributed by atoms with Gasteiger partial charge in [0.2, 0.25) is 11.7 Å². The van der Waals surface area contributed by atoms with Crippen LogP contribution in [0.1, 0.15) is 5.89 Å². The quantitative estimate of drug-likeness (QED) is 0.713. The van der Waals surface area contributed by atoms with Crippen molar-refractivity contribution in [3.8, 4) is 11.4 Å². The second-order valence-corrected chi connectivity index (χ2v) is 7.42. The predicted octanol–water partition coefficient (Wildman–Crippen LogP) is 4.11. The molecule has 0 spiro atoms. The maximum Gasteiger partial charge on any atom is 0.223 e. The molecule has 0 aliphatic heterocycles. The lowest BCUT2D eigenvalue weighted by atomic mass is 10.2. The van der Waals surface area contributed by atoms with Gasteiger partial charge in [-0.15, -0.1) is 0 Å². The number of rotatable bonds is 3. The summed E-state index contributed by atoms with van der Waals surface area (Å²) in [6.45, 7) is 1.67. The third-order valence-corrected chi connectivity index (χ3v) is 4.93. The number of hydrogen-bond acceptors (Lipinski definition) is 5. The van der Waals surface area contributed by atoms with E-state index in [9.17, 15) is 13.0 Å². The molecular formula is C16H13F2N3O2S. The average molecular weight is 349 g/mol. The highest BCUT2D eigenvalue weighted by molar-refractivity contribution is 7.93. The summed E-state index contributed by atoms with van der Waals surface area (Å²) in [4.78, 5) is 4.23. The van der Waals surface area contributed by atoms with Crippen molar-refractivity contribution >= 4 is 15.4 Å². The molecule has 1 unspecified atom stereocenters. The van der Waals surface area contributed by atoms with Crippen molar-refractivity contribution in [3.05, 3.63) is 60.0 Å². The molecule has 24 heavy (non-hydrogen) atoms. The van der Waals surface area contributed by atoms with Gasteiger partial charge in [0.1, 0.15) is 0 Å². The first-order valence-electron chi connectivity index (χ1n) is 6.93. The first-order valence-corrected chi connectivity index (χ1v) is 8.85. The zero-order valence-electron chi connectivity index (χ0n) is 12.9. The minimum absolute atomic E-state index is 0.113. The fourth-order valence-electron chi connectivity index (χ4n) is 2.08. The summed E-state index contributed by atoms with van der Waals surface area (Å²) in [5.41, 5.74) is 1.06. The van der Waals surface area contributed by atoms with Crippen LogP contribution in [0.3, 0.4) is 0 Å². The van der Waals surface area contributed by atoms with E-state index in [1.165, 1.54) is 12.3 Å². The molecule has 124 valence electrons. The number of aromatic nitrogens is 2. The third-order valence-electron chi connectivity index (χ3n) is 3.24. The Morgan fingerprint density at radius 1 is 1.12 bits per heavy atom. The zero-order valence-corrected chi connectivity index (χ0v) is 13.7. The van der Waals surface area contributed by atoms with Crippen molar-refractivity contribution in [2.45, 2.75) is 11.8 Å². The van der Waals surface area contributed by atoms with Crippen LogP contribution in [0.25, 0.3) is 11.4 Å². The molecule has 1 aromatic heterocycles. The Balaban J connectivity index is 2.03. The van der Waals surface area contributed by atoms with Gasteiger partial charge in [0.25, 0.3) is 0 Å². The molecule has 5 nitrogen and oxygen atoms in total. The third kappa shape index (κ3) is 3.33. The Kier molecular flexibility index (Phi) is 4.15. The van der Waals surface area contributed by atoms with Crippen LogP contribution < -0.4 is 0 Å². The summed E-state index contributed by atoms with van der Waals surface area (Å²) < 4.78 is 48.3. The van der Waals surface area contributed by atoms with Crippen LogP contribution in [-0.2, 0) is 9.73 Å². The molecule has 2 aromatic carbocycles. The molecule has 3 rings (SSSR count). The summed E-state index contributed by atoms with van der Waals surface area (Å²) in [5, 5.41) is 3.81. The van der Waals surface area contributed by atoms with Gasteiger partial charge < -0.3 is 4.52 Å². The van der Waals surface area contributed by atoms with Crippen LogP contribution in [0.4, 0.5) is 14.5 Å². The number of halogens is 2. The van der Waals surface area contributed by atoms with Gasteiger partial charge in [0.05, 0.1) is 20.3 Å². The highest BCUT2D eigenvalue weighted by Gasteiger charge is 2.12. The summed E-state index contributed by atoms with van der Waals surface area (Å²) in [7, 11) is -2.94. The lowest BCUT2D eigenvalue weighted by Crippen LogP contribution is -1.99. The first kappa shape index (κ1) is 16.3. The average Bonchev–Trinajstić information content (AvgIpc) is 2.96. The van der Waals surface area contributed by atoms with E-state index < -0.39 is 21.4 Å². The Hall–Kier alpha value is -2.61.